The van der Waals surface area contributed by atoms with E-state index in [4.69, 9.17) is 35.2 Å². The Morgan fingerprint density at radius 1 is 0.478 bits per heavy atom. The van der Waals surface area contributed by atoms with Crippen molar-refractivity contribution in [2.24, 2.45) is 11.5 Å². The maximum Gasteiger partial charge on any atom is 0.242 e. The molecule has 67 heavy (non-hydrogen) atoms. The minimum atomic E-state index is -0.503. The van der Waals surface area contributed by atoms with Crippen molar-refractivity contribution in [2.45, 2.75) is 123 Å². The highest BCUT2D eigenvalue weighted by Crippen LogP contribution is 2.03. The summed E-state index contributed by atoms with van der Waals surface area (Å²) in [7, 11) is 0. The van der Waals surface area contributed by atoms with Gasteiger partial charge in [0.1, 0.15) is 17.6 Å². The van der Waals surface area contributed by atoms with Crippen LogP contribution in [0, 0.1) is 0 Å². The highest BCUT2D eigenvalue weighted by Gasteiger charge is 2.17. The number of halogens is 2. The van der Waals surface area contributed by atoms with Gasteiger partial charge in [-0.1, -0.05) is 13.3 Å². The Morgan fingerprint density at radius 3 is 1.24 bits per heavy atom. The van der Waals surface area contributed by atoms with Crippen LogP contribution in [-0.4, -0.2) is 162 Å². The van der Waals surface area contributed by atoms with E-state index in [2.05, 4.69) is 98.6 Å². The number of ketones is 2. The van der Waals surface area contributed by atoms with Crippen LogP contribution in [0.15, 0.2) is 0 Å². The topological polar surface area (TPSA) is 220 Å². The van der Waals surface area contributed by atoms with Crippen LogP contribution >= 0.6 is 101 Å². The molecule has 0 saturated carbocycles. The van der Waals surface area contributed by atoms with Gasteiger partial charge in [-0.3, -0.25) is 24.0 Å². The Balaban J connectivity index is -0.000000136. The number of hydrogen-bond acceptors (Lipinski definition) is 18. The molecular weight excluding hydrogens is 1020 g/mol. The summed E-state index contributed by atoms with van der Waals surface area (Å²) in [4.78, 5) is 55.7. The Labute approximate surface area is 451 Å². The molecule has 15 nitrogen and oxygen atoms in total. The van der Waals surface area contributed by atoms with Crippen molar-refractivity contribution in [1.29, 1.82) is 0 Å². The molecule has 7 N–H and O–H groups in total. The molecule has 0 aliphatic rings. The van der Waals surface area contributed by atoms with E-state index < -0.39 is 6.04 Å². The standard InChI is InChI=1S/C15H28O3S.C8H17N3O2S.C8H18O2S2.C7H16O2S.C6H14N2OS.2ClH/c1-2-3-7-14(16)8-4-11-18-12-5-9-15(17)10-6-13-19;1-6(12)11-7(2-5-14)8(13)10-4-3-9;11-7-1-3-9-5-6-10-4-2-8-12;1-2-8-5-6-9-4-3-7-10;7-3-4-8-6(9)2-1-5-10;;/h19H,2-13H2,1H3;7,14H,2-5,9H2,1H3,(H,10,13)(H,11,12);11-12H,1-8H2;10H,2-7H2,1H3;10H,1-5,7H2,(H,8,9);2*1H. The highest BCUT2D eigenvalue weighted by atomic mass is 35.5. The summed E-state index contributed by atoms with van der Waals surface area (Å²) >= 11 is 24.3. The molecule has 3 amide bonds. The third-order valence-electron chi connectivity index (χ3n) is 7.78. The van der Waals surface area contributed by atoms with Gasteiger partial charge < -0.3 is 51.1 Å². The van der Waals surface area contributed by atoms with Gasteiger partial charge in [0.15, 0.2) is 0 Å². The van der Waals surface area contributed by atoms with Gasteiger partial charge in [-0.05, 0) is 99.2 Å². The first kappa shape index (κ1) is 81.2. The minimum absolute atomic E-state index is 0. The summed E-state index contributed by atoms with van der Waals surface area (Å²) < 4.78 is 26.2. The van der Waals surface area contributed by atoms with Crippen LogP contribution in [0.3, 0.4) is 0 Å². The molecule has 0 spiro atoms. The van der Waals surface area contributed by atoms with Crippen molar-refractivity contribution in [1.82, 2.24) is 16.0 Å². The normalized spacial score (nSPS) is 10.3. The number of unbranched alkanes of at least 4 members (excludes halogenated alkanes) is 1. The van der Waals surface area contributed by atoms with E-state index in [1.54, 1.807) is 0 Å². The third-order valence-corrected chi connectivity index (χ3v) is 9.62. The van der Waals surface area contributed by atoms with Crippen LogP contribution in [0.4, 0.5) is 0 Å². The molecule has 0 aromatic rings. The van der Waals surface area contributed by atoms with Crippen LogP contribution in [0.1, 0.15) is 117 Å². The Bertz CT molecular complexity index is 982. The number of amides is 3. The van der Waals surface area contributed by atoms with Gasteiger partial charge >= 0.3 is 0 Å². The fraction of sp³-hybridized carbons (Fsp3) is 0.886. The van der Waals surface area contributed by atoms with Gasteiger partial charge in [0.25, 0.3) is 0 Å². The van der Waals surface area contributed by atoms with E-state index >= 15 is 0 Å². The summed E-state index contributed by atoms with van der Waals surface area (Å²) in [6.45, 7) is 14.6. The molecule has 23 heteroatoms. The first-order chi connectivity index (χ1) is 31.5. The molecule has 0 rings (SSSR count). The van der Waals surface area contributed by atoms with E-state index in [0.29, 0.717) is 122 Å². The van der Waals surface area contributed by atoms with Gasteiger partial charge in [-0.15, -0.1) is 24.8 Å². The fourth-order valence-corrected chi connectivity index (χ4v) is 5.39. The van der Waals surface area contributed by atoms with Crippen molar-refractivity contribution in [3.63, 3.8) is 0 Å². The first-order valence-electron chi connectivity index (χ1n) is 23.2. The van der Waals surface area contributed by atoms with Gasteiger partial charge in [0.2, 0.25) is 17.7 Å². The number of carbonyl (C=O) groups excluding carboxylic acids is 5. The largest absolute Gasteiger partial charge is 0.381 e. The molecule has 0 aromatic carbocycles. The van der Waals surface area contributed by atoms with Gasteiger partial charge in [-0.2, -0.15) is 75.8 Å². The maximum absolute atomic E-state index is 11.4. The molecule has 0 heterocycles. The number of rotatable bonds is 41. The van der Waals surface area contributed by atoms with Crippen molar-refractivity contribution < 1.29 is 47.7 Å². The molecule has 0 aliphatic carbocycles. The van der Waals surface area contributed by atoms with E-state index in [1.165, 1.54) is 6.92 Å². The molecule has 0 radical (unpaired) electrons. The molecule has 1 unspecified atom stereocenters. The molecule has 0 aromatic heterocycles. The lowest BCUT2D eigenvalue weighted by Crippen LogP contribution is -2.47. The predicted molar refractivity (Wildman–Crippen MR) is 304 cm³/mol. The number of carbonyl (C=O) groups is 5. The number of nitrogens with one attached hydrogen (secondary N) is 3. The van der Waals surface area contributed by atoms with Crippen molar-refractivity contribution >= 4 is 130 Å². The Hall–Kier alpha value is 0.150. The number of Topliss-reactive ketones (excluding diaryl/α,β-unsaturated/α-hetero) is 2. The number of hydrogen-bond donors (Lipinski definition) is 11. The van der Waals surface area contributed by atoms with Crippen LogP contribution in [0.5, 0.6) is 0 Å². The monoisotopic (exact) mass is 1120 g/mol. The molecular formula is C44H95Cl2N5O10S6. The smallest absolute Gasteiger partial charge is 0.242 e. The molecule has 0 bridgehead atoms. The lowest BCUT2D eigenvalue weighted by atomic mass is 10.1. The minimum Gasteiger partial charge on any atom is -0.381 e. The number of thiol groups is 6. The predicted octanol–water partition coefficient (Wildman–Crippen LogP) is 6.12. The first-order valence-corrected chi connectivity index (χ1v) is 27.0. The highest BCUT2D eigenvalue weighted by molar-refractivity contribution is 7.81. The van der Waals surface area contributed by atoms with Crippen molar-refractivity contribution in [3.05, 3.63) is 0 Å². The zero-order chi connectivity index (χ0) is 49.9. The van der Waals surface area contributed by atoms with Crippen LogP contribution in [0.25, 0.3) is 0 Å². The van der Waals surface area contributed by atoms with Crippen molar-refractivity contribution in [3.8, 4) is 0 Å². The molecule has 0 saturated heterocycles. The second kappa shape index (κ2) is 75.1. The van der Waals surface area contributed by atoms with Crippen LogP contribution < -0.4 is 27.4 Å². The van der Waals surface area contributed by atoms with E-state index in [-0.39, 0.29) is 42.5 Å². The fourth-order valence-electron chi connectivity index (χ4n) is 4.43. The molecule has 406 valence electrons. The van der Waals surface area contributed by atoms with Gasteiger partial charge in [-0.25, -0.2) is 0 Å². The molecule has 1 atom stereocenters. The van der Waals surface area contributed by atoms with E-state index in [1.807, 2.05) is 6.92 Å². The van der Waals surface area contributed by atoms with Gasteiger partial charge in [0, 0.05) is 105 Å². The average Bonchev–Trinajstić information content (AvgIpc) is 3.30. The third kappa shape index (κ3) is 83.3. The van der Waals surface area contributed by atoms with E-state index in [9.17, 15) is 24.0 Å². The summed E-state index contributed by atoms with van der Waals surface area (Å²) in [6, 6.07) is -0.503. The molecule has 0 fully saturated rings. The van der Waals surface area contributed by atoms with E-state index in [0.717, 1.165) is 113 Å². The van der Waals surface area contributed by atoms with Crippen LogP contribution in [0.2, 0.25) is 0 Å². The summed E-state index contributed by atoms with van der Waals surface area (Å²) in [6.07, 6.45) is 12.0. The zero-order valence-electron chi connectivity index (χ0n) is 41.1. The number of nitrogens with two attached hydrogens (primary N) is 2. The summed E-state index contributed by atoms with van der Waals surface area (Å²) in [5.74, 6) is 5.03. The lowest BCUT2D eigenvalue weighted by Gasteiger charge is -2.16. The second-order valence-corrected chi connectivity index (χ2v) is 16.6. The maximum atomic E-state index is 11.4. The summed E-state index contributed by atoms with van der Waals surface area (Å²) in [5.41, 5.74) is 10.4. The zero-order valence-corrected chi connectivity index (χ0v) is 48.1. The van der Waals surface area contributed by atoms with Crippen molar-refractivity contribution in [2.75, 3.05) is 127 Å². The summed E-state index contributed by atoms with van der Waals surface area (Å²) in [5, 5.41) is 7.83. The quantitative estimate of drug-likeness (QED) is 0.0247. The average molecular weight is 1120 g/mol. The van der Waals surface area contributed by atoms with Gasteiger partial charge in [0.05, 0.1) is 26.4 Å². The lowest BCUT2D eigenvalue weighted by molar-refractivity contribution is -0.128. The SMILES string of the molecule is CC(=O)NC(CCS)C(=O)NCCN.CCCCC(=O)CCCOCCCC(=O)CCCS.CCOCCOCCCS.Cl.Cl.NCCNC(=O)CCCS.SCCCOCCOCCCS. The Morgan fingerprint density at radius 2 is 0.851 bits per heavy atom. The Kier molecular flexibility index (Phi) is 91.0. The second-order valence-electron chi connectivity index (χ2n) is 13.9. The number of ether oxygens (including phenoxy) is 5. The molecule has 0 aliphatic heterocycles. The van der Waals surface area contributed by atoms with Crippen LogP contribution in [-0.2, 0) is 47.7 Å².